The van der Waals surface area contributed by atoms with Crippen LogP contribution >= 0.6 is 0 Å². The van der Waals surface area contributed by atoms with E-state index in [9.17, 15) is 19.7 Å². The molecule has 0 amide bonds. The van der Waals surface area contributed by atoms with Crippen molar-refractivity contribution in [1.82, 2.24) is 0 Å². The van der Waals surface area contributed by atoms with Crippen molar-refractivity contribution in [2.75, 3.05) is 0 Å². The Kier molecular flexibility index (Phi) is 2.80. The Labute approximate surface area is 99.7 Å². The molecule has 0 aliphatic carbocycles. The molecule has 0 radical (unpaired) electrons. The summed E-state index contributed by atoms with van der Waals surface area (Å²) in [6, 6.07) is 6.09. The minimum absolute atomic E-state index is 0.115. The van der Waals surface area contributed by atoms with Crippen LogP contribution in [0.4, 0.5) is 5.69 Å². The molecule has 1 heterocycles. The number of ether oxygens (including phenoxy) is 1. The predicted octanol–water partition coefficient (Wildman–Crippen LogP) is 1.63. The first-order chi connectivity index (χ1) is 8.50. The Morgan fingerprint density at radius 2 is 2.06 bits per heavy atom. The Morgan fingerprint density at radius 3 is 2.67 bits per heavy atom. The molecule has 0 atom stereocenters. The highest BCUT2D eigenvalue weighted by Gasteiger charge is 2.27. The molecule has 0 unspecified atom stereocenters. The lowest BCUT2D eigenvalue weighted by molar-refractivity contribution is -0.388. The van der Waals surface area contributed by atoms with Crippen molar-refractivity contribution in [3.05, 3.63) is 44.8 Å². The number of esters is 1. The number of hydrogen-bond acceptors (Lipinski definition) is 6. The van der Waals surface area contributed by atoms with Crippen molar-refractivity contribution in [1.29, 1.82) is 0 Å². The van der Waals surface area contributed by atoms with Gasteiger partial charge in [-0.15, -0.1) is 0 Å². The van der Waals surface area contributed by atoms with E-state index in [1.54, 1.807) is 12.1 Å². The molecule has 0 N–H and O–H groups in total. The van der Waals surface area contributed by atoms with Crippen LogP contribution in [0.2, 0.25) is 0 Å². The highest BCUT2D eigenvalue weighted by molar-refractivity contribution is 5.89. The molecule has 92 valence electrons. The quantitative estimate of drug-likeness (QED) is 0.347. The third kappa shape index (κ3) is 1.93. The van der Waals surface area contributed by atoms with Crippen molar-refractivity contribution in [2.45, 2.75) is 6.92 Å². The van der Waals surface area contributed by atoms with E-state index >= 15 is 0 Å². The number of carbonyl (C=O) groups is 1. The van der Waals surface area contributed by atoms with Gasteiger partial charge in [0.25, 0.3) is 0 Å². The van der Waals surface area contributed by atoms with E-state index in [1.807, 2.05) is 0 Å². The van der Waals surface area contributed by atoms with Gasteiger partial charge in [-0.3, -0.25) is 14.9 Å². The Balaban J connectivity index is 2.89. The summed E-state index contributed by atoms with van der Waals surface area (Å²) in [5.74, 6) is -1.15. The third-order valence-corrected chi connectivity index (χ3v) is 2.17. The van der Waals surface area contributed by atoms with Crippen molar-refractivity contribution in [3.8, 4) is 5.75 Å². The fraction of sp³-hybridized carbons (Fsp3) is 0.0909. The Hall–Kier alpha value is -2.70. The van der Waals surface area contributed by atoms with Gasteiger partial charge in [-0.05, 0) is 12.1 Å². The van der Waals surface area contributed by atoms with Crippen molar-refractivity contribution < 1.29 is 18.9 Å². The second-order valence-electron chi connectivity index (χ2n) is 3.41. The standard InChI is InChI=1S/C11H7NO6/c1-6(13)17-10-7-4-2-3-5-8(7)18-11(14)9(10)12(15)16/h2-5H,1H3. The molecule has 0 aliphatic heterocycles. The largest absolute Gasteiger partial charge is 0.419 e. The average Bonchev–Trinajstić information content (AvgIpc) is 2.27. The van der Waals surface area contributed by atoms with Crippen LogP contribution in [0.25, 0.3) is 11.0 Å². The van der Waals surface area contributed by atoms with Gasteiger partial charge in [-0.2, -0.15) is 0 Å². The van der Waals surface area contributed by atoms with E-state index in [2.05, 4.69) is 0 Å². The molecule has 1 aromatic carbocycles. The second kappa shape index (κ2) is 4.28. The highest BCUT2D eigenvalue weighted by Crippen LogP contribution is 2.32. The van der Waals surface area contributed by atoms with E-state index in [4.69, 9.17) is 9.15 Å². The summed E-state index contributed by atoms with van der Waals surface area (Å²) in [6.07, 6.45) is 0. The van der Waals surface area contributed by atoms with Gasteiger partial charge >= 0.3 is 17.3 Å². The van der Waals surface area contributed by atoms with Gasteiger partial charge in [0.05, 0.1) is 10.3 Å². The molecular weight excluding hydrogens is 242 g/mol. The maximum atomic E-state index is 11.5. The van der Waals surface area contributed by atoms with E-state index in [0.717, 1.165) is 6.92 Å². The summed E-state index contributed by atoms with van der Waals surface area (Å²) < 4.78 is 9.55. The van der Waals surface area contributed by atoms with Gasteiger partial charge in [0.15, 0.2) is 0 Å². The maximum absolute atomic E-state index is 11.5. The summed E-state index contributed by atoms with van der Waals surface area (Å²) in [4.78, 5) is 32.3. The first-order valence-electron chi connectivity index (χ1n) is 4.89. The zero-order chi connectivity index (χ0) is 13.3. The minimum atomic E-state index is -1.16. The molecule has 2 rings (SSSR count). The minimum Gasteiger partial charge on any atom is -0.418 e. The number of para-hydroxylation sites is 1. The molecule has 0 saturated heterocycles. The molecule has 0 spiro atoms. The first kappa shape index (κ1) is 11.8. The van der Waals surface area contributed by atoms with Crippen LogP contribution in [-0.2, 0) is 4.79 Å². The maximum Gasteiger partial charge on any atom is 0.419 e. The van der Waals surface area contributed by atoms with Gasteiger partial charge in [-0.25, -0.2) is 4.79 Å². The fourth-order valence-corrected chi connectivity index (χ4v) is 1.52. The number of carbonyl (C=O) groups excluding carboxylic acids is 1. The second-order valence-corrected chi connectivity index (χ2v) is 3.41. The summed E-state index contributed by atoms with van der Waals surface area (Å²) >= 11 is 0. The van der Waals surface area contributed by atoms with Crippen LogP contribution in [0.5, 0.6) is 5.75 Å². The smallest absolute Gasteiger partial charge is 0.418 e. The molecule has 7 heteroatoms. The van der Waals surface area contributed by atoms with Gasteiger partial charge in [0.1, 0.15) is 5.58 Å². The molecule has 7 nitrogen and oxygen atoms in total. The van der Waals surface area contributed by atoms with E-state index in [1.165, 1.54) is 12.1 Å². The number of fused-ring (bicyclic) bond motifs is 1. The van der Waals surface area contributed by atoms with Crippen molar-refractivity contribution in [2.24, 2.45) is 0 Å². The zero-order valence-electron chi connectivity index (χ0n) is 9.21. The summed E-state index contributed by atoms with van der Waals surface area (Å²) in [7, 11) is 0. The normalized spacial score (nSPS) is 10.3. The van der Waals surface area contributed by atoms with Crippen LogP contribution < -0.4 is 10.4 Å². The molecule has 18 heavy (non-hydrogen) atoms. The van der Waals surface area contributed by atoms with Crippen LogP contribution in [0, 0.1) is 10.1 Å². The number of nitrogens with zero attached hydrogens (tertiary/aromatic N) is 1. The first-order valence-corrected chi connectivity index (χ1v) is 4.89. The molecule has 2 aromatic rings. The molecule has 1 aromatic heterocycles. The van der Waals surface area contributed by atoms with E-state index in [-0.39, 0.29) is 16.7 Å². The topological polar surface area (TPSA) is 99.6 Å². The van der Waals surface area contributed by atoms with E-state index in [0.29, 0.717) is 0 Å². The van der Waals surface area contributed by atoms with Crippen LogP contribution in [0.1, 0.15) is 6.92 Å². The van der Waals surface area contributed by atoms with Crippen LogP contribution in [0.3, 0.4) is 0 Å². The lowest BCUT2D eigenvalue weighted by atomic mass is 10.2. The van der Waals surface area contributed by atoms with Crippen molar-refractivity contribution >= 4 is 22.6 Å². The SMILES string of the molecule is CC(=O)Oc1c([N+](=O)[O-])c(=O)oc2ccccc12. The fourth-order valence-electron chi connectivity index (χ4n) is 1.52. The molecule has 0 saturated carbocycles. The van der Waals surface area contributed by atoms with Crippen LogP contribution in [0.15, 0.2) is 33.5 Å². The summed E-state index contributed by atoms with van der Waals surface area (Å²) in [5, 5.41) is 11.0. The number of rotatable bonds is 2. The highest BCUT2D eigenvalue weighted by atomic mass is 16.6. The molecule has 0 fully saturated rings. The van der Waals surface area contributed by atoms with Gasteiger partial charge in [-0.1, -0.05) is 12.1 Å². The summed E-state index contributed by atoms with van der Waals surface area (Å²) in [6.45, 7) is 1.09. The number of hydrogen-bond donors (Lipinski definition) is 0. The number of benzene rings is 1. The summed E-state index contributed by atoms with van der Waals surface area (Å²) in [5.41, 5.74) is -1.93. The lowest BCUT2D eigenvalue weighted by Crippen LogP contribution is -2.12. The third-order valence-electron chi connectivity index (χ3n) is 2.17. The van der Waals surface area contributed by atoms with E-state index < -0.39 is 22.2 Å². The molecule has 0 bridgehead atoms. The Bertz CT molecular complexity index is 702. The van der Waals surface area contributed by atoms with Crippen molar-refractivity contribution in [3.63, 3.8) is 0 Å². The van der Waals surface area contributed by atoms with Gasteiger partial charge in [0, 0.05) is 6.92 Å². The molecule has 0 aliphatic rings. The number of nitro groups is 1. The van der Waals surface area contributed by atoms with Gasteiger partial charge < -0.3 is 9.15 Å². The monoisotopic (exact) mass is 249 g/mol. The Morgan fingerprint density at radius 1 is 1.39 bits per heavy atom. The van der Waals surface area contributed by atoms with Crippen LogP contribution in [-0.4, -0.2) is 10.9 Å². The average molecular weight is 249 g/mol. The lowest BCUT2D eigenvalue weighted by Gasteiger charge is -2.04. The molecular formula is C11H7NO6. The van der Waals surface area contributed by atoms with Gasteiger partial charge in [0.2, 0.25) is 5.75 Å². The predicted molar refractivity (Wildman–Crippen MR) is 60.4 cm³/mol. The zero-order valence-corrected chi connectivity index (χ0v) is 9.21.